The number of hydrogen-bond acceptors (Lipinski definition) is 7. The number of esters is 1. The molecule has 3 aromatic carbocycles. The summed E-state index contributed by atoms with van der Waals surface area (Å²) in [5.41, 5.74) is 3.74. The summed E-state index contributed by atoms with van der Waals surface area (Å²) in [5.74, 6) is -2.31. The molecular formula is C23H17ClN4O6. The van der Waals surface area contributed by atoms with Crippen molar-refractivity contribution in [2.45, 2.75) is 6.92 Å². The third kappa shape index (κ3) is 6.24. The molecule has 0 aliphatic heterocycles. The number of nitrogens with zero attached hydrogens (tertiary/aromatic N) is 2. The number of hydrogen-bond donors (Lipinski definition) is 2. The van der Waals surface area contributed by atoms with E-state index in [4.69, 9.17) is 16.3 Å². The van der Waals surface area contributed by atoms with Crippen LogP contribution in [0.1, 0.15) is 21.5 Å². The number of anilines is 1. The van der Waals surface area contributed by atoms with E-state index in [1.165, 1.54) is 42.6 Å². The zero-order valence-electron chi connectivity index (χ0n) is 17.7. The standard InChI is InChI=1S/C23H17ClN4O6/c1-14-19(24)3-2-4-20(14)26-21(29)22(30)27-25-13-15-5-11-18(12-6-15)34-23(31)16-7-9-17(10-8-16)28(32)33/h2-13H,1H3,(H,26,29)(H,27,30). The van der Waals surface area contributed by atoms with Gasteiger partial charge < -0.3 is 10.1 Å². The number of amides is 2. The molecule has 0 atom stereocenters. The summed E-state index contributed by atoms with van der Waals surface area (Å²) in [4.78, 5) is 46.2. The molecule has 0 saturated heterocycles. The lowest BCUT2D eigenvalue weighted by Gasteiger charge is -2.08. The summed E-state index contributed by atoms with van der Waals surface area (Å²) >= 11 is 5.99. The van der Waals surface area contributed by atoms with Crippen molar-refractivity contribution in [3.8, 4) is 5.75 Å². The summed E-state index contributed by atoms with van der Waals surface area (Å²) in [6, 6.07) is 16.1. The fourth-order valence-corrected chi connectivity index (χ4v) is 2.82. The monoisotopic (exact) mass is 480 g/mol. The quantitative estimate of drug-likeness (QED) is 0.137. The normalized spacial score (nSPS) is 10.5. The number of carbonyl (C=O) groups is 3. The number of nitrogens with one attached hydrogen (secondary N) is 2. The maximum atomic E-state index is 12.2. The molecule has 0 saturated carbocycles. The largest absolute Gasteiger partial charge is 0.423 e. The van der Waals surface area contributed by atoms with Crippen LogP contribution < -0.4 is 15.5 Å². The SMILES string of the molecule is Cc1c(Cl)cccc1NC(=O)C(=O)NN=Cc1ccc(OC(=O)c2ccc([N+](=O)[O-])cc2)cc1. The number of nitro groups is 1. The highest BCUT2D eigenvalue weighted by Gasteiger charge is 2.15. The van der Waals surface area contributed by atoms with Crippen LogP contribution in [0.15, 0.2) is 71.8 Å². The molecule has 3 aromatic rings. The van der Waals surface area contributed by atoms with Crippen LogP contribution in [-0.2, 0) is 9.59 Å². The van der Waals surface area contributed by atoms with Gasteiger partial charge in [-0.25, -0.2) is 10.2 Å². The van der Waals surface area contributed by atoms with Crippen LogP contribution in [0.3, 0.4) is 0 Å². The number of ether oxygens (including phenoxy) is 1. The minimum absolute atomic E-state index is 0.135. The Kier molecular flexibility index (Phi) is 7.67. The van der Waals surface area contributed by atoms with Crippen LogP contribution in [-0.4, -0.2) is 28.9 Å². The molecule has 2 amide bonds. The smallest absolute Gasteiger partial charge is 0.343 e. The number of hydrazone groups is 1. The van der Waals surface area contributed by atoms with E-state index in [1.807, 2.05) is 0 Å². The molecule has 34 heavy (non-hydrogen) atoms. The van der Waals surface area contributed by atoms with Gasteiger partial charge in [0.1, 0.15) is 5.75 Å². The zero-order valence-corrected chi connectivity index (χ0v) is 18.4. The second kappa shape index (κ2) is 10.8. The molecule has 0 spiro atoms. The van der Waals surface area contributed by atoms with E-state index < -0.39 is 22.7 Å². The van der Waals surface area contributed by atoms with Gasteiger partial charge in [-0.05, 0) is 66.6 Å². The Hall–Kier alpha value is -4.57. The lowest BCUT2D eigenvalue weighted by Crippen LogP contribution is -2.32. The predicted molar refractivity (Wildman–Crippen MR) is 125 cm³/mol. The Morgan fingerprint density at radius 2 is 1.68 bits per heavy atom. The van der Waals surface area contributed by atoms with Crippen LogP contribution in [0.5, 0.6) is 5.75 Å². The van der Waals surface area contributed by atoms with Crippen molar-refractivity contribution in [3.05, 3.63) is 98.6 Å². The van der Waals surface area contributed by atoms with Crippen molar-refractivity contribution in [1.82, 2.24) is 5.43 Å². The van der Waals surface area contributed by atoms with Crippen molar-refractivity contribution >= 4 is 47.0 Å². The highest BCUT2D eigenvalue weighted by atomic mass is 35.5. The first-order valence-corrected chi connectivity index (χ1v) is 10.1. The Bertz CT molecular complexity index is 1270. The predicted octanol–water partition coefficient (Wildman–Crippen LogP) is 3.86. The van der Waals surface area contributed by atoms with Crippen molar-refractivity contribution in [3.63, 3.8) is 0 Å². The van der Waals surface area contributed by atoms with Gasteiger partial charge in [0.25, 0.3) is 5.69 Å². The lowest BCUT2D eigenvalue weighted by molar-refractivity contribution is -0.384. The van der Waals surface area contributed by atoms with E-state index in [1.54, 1.807) is 37.3 Å². The van der Waals surface area contributed by atoms with E-state index in [0.717, 1.165) is 0 Å². The Balaban J connectivity index is 1.52. The molecule has 0 aliphatic carbocycles. The van der Waals surface area contributed by atoms with Gasteiger partial charge in [-0.1, -0.05) is 17.7 Å². The van der Waals surface area contributed by atoms with Gasteiger partial charge in [-0.2, -0.15) is 5.10 Å². The number of non-ortho nitro benzene ring substituents is 1. The van der Waals surface area contributed by atoms with Crippen molar-refractivity contribution in [2.24, 2.45) is 5.10 Å². The van der Waals surface area contributed by atoms with E-state index in [-0.39, 0.29) is 17.0 Å². The van der Waals surface area contributed by atoms with E-state index in [0.29, 0.717) is 21.8 Å². The van der Waals surface area contributed by atoms with Crippen LogP contribution >= 0.6 is 11.6 Å². The number of halogens is 1. The summed E-state index contributed by atoms with van der Waals surface area (Å²) < 4.78 is 5.22. The first kappa shape index (κ1) is 24.1. The number of rotatable bonds is 6. The minimum atomic E-state index is -0.968. The maximum absolute atomic E-state index is 12.2. The molecule has 0 aromatic heterocycles. The van der Waals surface area contributed by atoms with Crippen molar-refractivity contribution in [2.75, 3.05) is 5.32 Å². The summed E-state index contributed by atoms with van der Waals surface area (Å²) in [5, 5.41) is 17.3. The Labute approximate surface area is 198 Å². The maximum Gasteiger partial charge on any atom is 0.343 e. The molecule has 0 bridgehead atoms. The van der Waals surface area contributed by atoms with Crippen LogP contribution in [0.4, 0.5) is 11.4 Å². The molecule has 0 unspecified atom stereocenters. The molecule has 3 rings (SSSR count). The second-order valence-corrected chi connectivity index (χ2v) is 7.24. The Morgan fingerprint density at radius 3 is 2.32 bits per heavy atom. The molecule has 0 heterocycles. The molecule has 0 radical (unpaired) electrons. The third-order valence-corrected chi connectivity index (χ3v) is 4.92. The highest BCUT2D eigenvalue weighted by molar-refractivity contribution is 6.40. The number of carbonyl (C=O) groups excluding carboxylic acids is 3. The summed E-state index contributed by atoms with van der Waals surface area (Å²) in [6.07, 6.45) is 1.30. The van der Waals surface area contributed by atoms with Gasteiger partial charge in [0.2, 0.25) is 0 Å². The van der Waals surface area contributed by atoms with Crippen LogP contribution in [0.25, 0.3) is 0 Å². The van der Waals surface area contributed by atoms with Gasteiger partial charge >= 0.3 is 17.8 Å². The Morgan fingerprint density at radius 1 is 1.00 bits per heavy atom. The minimum Gasteiger partial charge on any atom is -0.423 e. The average Bonchev–Trinajstić information content (AvgIpc) is 2.83. The molecule has 172 valence electrons. The van der Waals surface area contributed by atoms with Gasteiger partial charge in [0.15, 0.2) is 0 Å². The van der Waals surface area contributed by atoms with Gasteiger partial charge in [-0.15, -0.1) is 0 Å². The fourth-order valence-electron chi connectivity index (χ4n) is 2.65. The van der Waals surface area contributed by atoms with Crippen LogP contribution in [0, 0.1) is 17.0 Å². The van der Waals surface area contributed by atoms with Crippen molar-refractivity contribution < 1.29 is 24.0 Å². The highest BCUT2D eigenvalue weighted by Crippen LogP contribution is 2.22. The second-order valence-electron chi connectivity index (χ2n) is 6.83. The van der Waals surface area contributed by atoms with E-state index in [9.17, 15) is 24.5 Å². The average molecular weight is 481 g/mol. The third-order valence-electron chi connectivity index (χ3n) is 4.51. The first-order valence-electron chi connectivity index (χ1n) is 9.71. The molecule has 2 N–H and O–H groups in total. The molecular weight excluding hydrogens is 464 g/mol. The van der Waals surface area contributed by atoms with Gasteiger partial charge in [0.05, 0.1) is 16.7 Å². The molecule has 0 aliphatic rings. The van der Waals surface area contributed by atoms with Gasteiger partial charge in [-0.3, -0.25) is 19.7 Å². The molecule has 10 nitrogen and oxygen atoms in total. The molecule has 11 heteroatoms. The topological polar surface area (TPSA) is 140 Å². The first-order chi connectivity index (χ1) is 16.2. The zero-order chi connectivity index (χ0) is 24.7. The van der Waals surface area contributed by atoms with E-state index in [2.05, 4.69) is 15.8 Å². The summed E-state index contributed by atoms with van der Waals surface area (Å²) in [6.45, 7) is 1.71. The fraction of sp³-hybridized carbons (Fsp3) is 0.0435. The van der Waals surface area contributed by atoms with Gasteiger partial charge in [0, 0.05) is 22.8 Å². The van der Waals surface area contributed by atoms with Crippen molar-refractivity contribution in [1.29, 1.82) is 0 Å². The summed E-state index contributed by atoms with van der Waals surface area (Å²) in [7, 11) is 0. The van der Waals surface area contributed by atoms with E-state index >= 15 is 0 Å². The van der Waals surface area contributed by atoms with Crippen LogP contribution in [0.2, 0.25) is 5.02 Å². The lowest BCUT2D eigenvalue weighted by atomic mass is 10.2. The molecule has 0 fully saturated rings. The number of nitro benzene ring substituents is 1. The number of benzene rings is 3.